The number of hydrogen-bond acceptors (Lipinski definition) is 2. The van der Waals surface area contributed by atoms with E-state index in [4.69, 9.17) is 0 Å². The van der Waals surface area contributed by atoms with E-state index in [1.54, 1.807) is 14.0 Å². The number of para-hydroxylation sites is 1. The summed E-state index contributed by atoms with van der Waals surface area (Å²) in [6, 6.07) is 8.28. The molecule has 113 valence electrons. The van der Waals surface area contributed by atoms with Gasteiger partial charge in [-0.05, 0) is 20.9 Å². The van der Waals surface area contributed by atoms with Crippen molar-refractivity contribution < 1.29 is 70.3 Å². The van der Waals surface area contributed by atoms with Gasteiger partial charge < -0.3 is 27.0 Å². The SMILES string of the molecule is CC=C(C)c1ccccc1N=[C-]N(C)[C-](C)[C-]=O.[V+2].[Yb]. The van der Waals surface area contributed by atoms with Crippen LogP contribution in [-0.2, 0) is 23.4 Å². The van der Waals surface area contributed by atoms with Crippen LogP contribution in [0.25, 0.3) is 5.57 Å². The van der Waals surface area contributed by atoms with E-state index in [9.17, 15) is 4.79 Å². The molecule has 0 heterocycles. The molecule has 0 saturated carbocycles. The van der Waals surface area contributed by atoms with Crippen molar-refractivity contribution in [1.82, 2.24) is 4.90 Å². The molecule has 0 aliphatic carbocycles. The van der Waals surface area contributed by atoms with Crippen LogP contribution < -0.4 is 0 Å². The van der Waals surface area contributed by atoms with Crippen molar-refractivity contribution in [3.8, 4) is 0 Å². The Kier molecular flexibility index (Phi) is 13.1. The monoisotopic (exact) mass is 466 g/mol. The maximum Gasteiger partial charge on any atom is 2.00 e. The summed E-state index contributed by atoms with van der Waals surface area (Å²) < 4.78 is 0. The Bertz CT molecular complexity index is 475. The molecule has 0 fully saturated rings. The molecule has 1 radical (unpaired) electrons. The van der Waals surface area contributed by atoms with Gasteiger partial charge in [0.2, 0.25) is 0 Å². The summed E-state index contributed by atoms with van der Waals surface area (Å²) in [5.41, 5.74) is 3.05. The molecule has 3 nitrogen and oxygen atoms in total. The molecule has 1 aromatic carbocycles. The standard InChI is InChI=1S/C15H17N2O.V.Yb/c1-5-12(2)14-8-6-7-9-15(14)16-11-17(4)13(3)10-18;;/h5-9H,1-4H3;;/q-3;+2;. The molecule has 0 unspecified atom stereocenters. The first-order valence-electron chi connectivity index (χ1n) is 5.74. The zero-order chi connectivity index (χ0) is 13.5. The van der Waals surface area contributed by atoms with Crippen molar-refractivity contribution in [2.75, 3.05) is 7.05 Å². The minimum atomic E-state index is 0. The zero-order valence-corrected chi connectivity index (χ0v) is 15.0. The van der Waals surface area contributed by atoms with Crippen molar-refractivity contribution in [1.29, 1.82) is 0 Å². The summed E-state index contributed by atoms with van der Waals surface area (Å²) in [5, 5.41) is 0. The number of likely N-dealkylation sites (N-methyl/N-ethyl adjacent to an activating group) is 1. The average molecular weight is 465 g/mol. The molecular formula is C15H17N2OVYb-. The summed E-state index contributed by atoms with van der Waals surface area (Å²) in [4.78, 5) is 16.3. The van der Waals surface area contributed by atoms with Crippen LogP contribution in [0, 0.1) is 53.0 Å². The van der Waals surface area contributed by atoms with E-state index in [1.807, 2.05) is 50.5 Å². The third kappa shape index (κ3) is 6.69. The smallest absolute Gasteiger partial charge is 0.609 e. The minimum Gasteiger partial charge on any atom is -0.609 e. The molecular weight excluding hydrogens is 448 g/mol. The quantitative estimate of drug-likeness (QED) is 0.290. The largest absolute Gasteiger partial charge is 2.00 e. The predicted octanol–water partition coefficient (Wildman–Crippen LogP) is 3.24. The van der Waals surface area contributed by atoms with Crippen molar-refractivity contribution in [3.05, 3.63) is 41.9 Å². The Labute approximate surface area is 172 Å². The van der Waals surface area contributed by atoms with Crippen molar-refractivity contribution in [3.63, 3.8) is 0 Å². The van der Waals surface area contributed by atoms with Crippen LogP contribution in [0.15, 0.2) is 35.3 Å². The molecule has 5 heteroatoms. The number of benzene rings is 1. The topological polar surface area (TPSA) is 32.7 Å². The molecule has 0 amide bonds. The molecule has 0 aliphatic heterocycles. The van der Waals surface area contributed by atoms with Gasteiger partial charge in [0.25, 0.3) is 0 Å². The molecule has 1 rings (SSSR count). The number of rotatable bonds is 5. The number of allylic oxidation sites excluding steroid dienone is 2. The Morgan fingerprint density at radius 1 is 1.40 bits per heavy atom. The Morgan fingerprint density at radius 2 is 2.00 bits per heavy atom. The fraction of sp³-hybridized carbons (Fsp3) is 0.267. The number of carbonyl (C=O) groups excluding carboxylic acids is 1. The number of nitrogens with zero attached hydrogens (tertiary/aromatic N) is 2. The van der Waals surface area contributed by atoms with Gasteiger partial charge in [0.1, 0.15) is 0 Å². The fourth-order valence-corrected chi connectivity index (χ4v) is 1.33. The summed E-state index contributed by atoms with van der Waals surface area (Å²) in [7, 11) is 1.72. The summed E-state index contributed by atoms with van der Waals surface area (Å²) >= 11 is 0. The van der Waals surface area contributed by atoms with Gasteiger partial charge in [0.15, 0.2) is 0 Å². The first-order chi connectivity index (χ1) is 8.60. The molecule has 0 saturated heterocycles. The van der Waals surface area contributed by atoms with Crippen LogP contribution in [0.2, 0.25) is 0 Å². The number of aliphatic imine (C=N–C) groups is 1. The predicted molar refractivity (Wildman–Crippen MR) is 75.2 cm³/mol. The molecule has 0 N–H and O–H groups in total. The van der Waals surface area contributed by atoms with Crippen molar-refractivity contribution in [2.24, 2.45) is 4.99 Å². The first kappa shape index (κ1) is 22.4. The molecule has 20 heavy (non-hydrogen) atoms. The van der Waals surface area contributed by atoms with Crippen LogP contribution in [-0.4, -0.2) is 24.6 Å². The Hall–Kier alpha value is 0.0739. The fourth-order valence-electron chi connectivity index (χ4n) is 1.33. The van der Waals surface area contributed by atoms with Gasteiger partial charge in [-0.25, -0.2) is 0 Å². The van der Waals surface area contributed by atoms with Crippen molar-refractivity contribution >= 4 is 23.9 Å². The van der Waals surface area contributed by atoms with Crippen LogP contribution in [0.3, 0.4) is 0 Å². The summed E-state index contributed by atoms with van der Waals surface area (Å²) in [6.45, 7) is 5.69. The second kappa shape index (κ2) is 11.7. The van der Waals surface area contributed by atoms with Crippen LogP contribution in [0.1, 0.15) is 26.3 Å². The van der Waals surface area contributed by atoms with Gasteiger partial charge in [-0.3, -0.25) is 0 Å². The van der Waals surface area contributed by atoms with E-state index in [-0.39, 0.29) is 65.5 Å². The second-order valence-corrected chi connectivity index (χ2v) is 3.95. The van der Waals surface area contributed by atoms with Crippen LogP contribution in [0.4, 0.5) is 5.69 Å². The third-order valence-corrected chi connectivity index (χ3v) is 2.73. The van der Waals surface area contributed by atoms with E-state index >= 15 is 0 Å². The minimum absolute atomic E-state index is 0. The summed E-state index contributed by atoms with van der Waals surface area (Å²) in [5.74, 6) is 0. The van der Waals surface area contributed by atoms with Gasteiger partial charge >= 0.3 is 18.6 Å². The molecule has 0 spiro atoms. The van der Waals surface area contributed by atoms with E-state index < -0.39 is 0 Å². The number of hydrogen-bond donors (Lipinski definition) is 0. The maximum atomic E-state index is 10.5. The van der Waals surface area contributed by atoms with Gasteiger partial charge in [0.05, 0.1) is 0 Å². The van der Waals surface area contributed by atoms with Crippen LogP contribution >= 0.6 is 0 Å². The van der Waals surface area contributed by atoms with E-state index in [1.165, 1.54) is 4.90 Å². The Balaban J connectivity index is 0. The molecule has 0 aliphatic rings. The Morgan fingerprint density at radius 3 is 2.55 bits per heavy atom. The summed E-state index contributed by atoms with van der Waals surface area (Å²) in [6.07, 6.45) is 6.65. The van der Waals surface area contributed by atoms with Gasteiger partial charge in [-0.15, -0.1) is 12.4 Å². The normalized spacial score (nSPS) is 10.5. The van der Waals surface area contributed by atoms with Gasteiger partial charge in [0, 0.05) is 46.9 Å². The average Bonchev–Trinajstić information content (AvgIpc) is 2.43. The van der Waals surface area contributed by atoms with Gasteiger partial charge in [-0.1, -0.05) is 41.1 Å². The third-order valence-electron chi connectivity index (χ3n) is 2.73. The second-order valence-electron chi connectivity index (χ2n) is 3.95. The maximum absolute atomic E-state index is 10.5. The van der Waals surface area contributed by atoms with Crippen LogP contribution in [0.5, 0.6) is 0 Å². The molecule has 0 aromatic heterocycles. The van der Waals surface area contributed by atoms with E-state index in [2.05, 4.69) is 11.3 Å². The zero-order valence-electron chi connectivity index (χ0n) is 11.9. The van der Waals surface area contributed by atoms with E-state index in [0.717, 1.165) is 16.8 Å². The first-order valence-corrected chi connectivity index (χ1v) is 5.74. The van der Waals surface area contributed by atoms with Gasteiger partial charge in [-0.2, -0.15) is 6.92 Å². The molecule has 0 atom stereocenters. The van der Waals surface area contributed by atoms with Crippen molar-refractivity contribution in [2.45, 2.75) is 20.8 Å². The molecule has 1 aromatic rings. The van der Waals surface area contributed by atoms with E-state index in [0.29, 0.717) is 6.04 Å². The molecule has 0 bridgehead atoms.